The minimum Gasteiger partial charge on any atom is -0.368 e. The summed E-state index contributed by atoms with van der Waals surface area (Å²) in [6.07, 6.45) is 3.54. The summed E-state index contributed by atoms with van der Waals surface area (Å²) in [5.74, 6) is -3.54. The summed E-state index contributed by atoms with van der Waals surface area (Å²) in [4.78, 5) is 52.3. The number of non-ortho nitro benzene ring substituents is 1. The lowest BCUT2D eigenvalue weighted by Crippen LogP contribution is -2.46. The molecule has 0 aromatic heterocycles. The number of nitro groups is 1. The van der Waals surface area contributed by atoms with Crippen LogP contribution in [-0.4, -0.2) is 33.6 Å². The van der Waals surface area contributed by atoms with Crippen LogP contribution in [0.25, 0.3) is 6.08 Å². The molecule has 2 fully saturated rings. The summed E-state index contributed by atoms with van der Waals surface area (Å²) in [5.41, 5.74) is 7.27. The molecule has 2 N–H and O–H groups in total. The molecular weight excluding hydrogens is 388 g/mol. The second-order valence-electron chi connectivity index (χ2n) is 7.52. The van der Waals surface area contributed by atoms with Gasteiger partial charge in [-0.1, -0.05) is 30.3 Å². The molecule has 5 rings (SSSR count). The lowest BCUT2D eigenvalue weighted by atomic mass is 9.84. The molecule has 2 saturated heterocycles. The van der Waals surface area contributed by atoms with E-state index in [1.165, 1.54) is 24.3 Å². The molecule has 0 aliphatic carbocycles. The minimum atomic E-state index is -0.982. The number of anilines is 1. The summed E-state index contributed by atoms with van der Waals surface area (Å²) >= 11 is 0. The first-order valence-electron chi connectivity index (χ1n) is 9.36. The third kappa shape index (κ3) is 2.32. The quantitative estimate of drug-likeness (QED) is 0.470. The molecule has 2 aromatic carbocycles. The maximum atomic E-state index is 13.4. The van der Waals surface area contributed by atoms with E-state index < -0.39 is 46.6 Å². The van der Waals surface area contributed by atoms with Crippen LogP contribution in [0.3, 0.4) is 0 Å². The van der Waals surface area contributed by atoms with Gasteiger partial charge >= 0.3 is 0 Å². The molecule has 4 atom stereocenters. The van der Waals surface area contributed by atoms with Crippen LogP contribution in [0.15, 0.2) is 54.7 Å². The second kappa shape index (κ2) is 6.24. The van der Waals surface area contributed by atoms with Gasteiger partial charge in [-0.05, 0) is 23.3 Å². The van der Waals surface area contributed by atoms with Crippen LogP contribution in [0, 0.1) is 22.0 Å². The Morgan fingerprint density at radius 2 is 1.77 bits per heavy atom. The molecular formula is C21H16N4O5. The minimum absolute atomic E-state index is 0.114. The fraction of sp³-hybridized carbons (Fsp3) is 0.190. The Bertz CT molecular complexity index is 1160. The molecule has 0 unspecified atom stereocenters. The number of nitrogens with zero attached hydrogens (tertiary/aromatic N) is 3. The molecule has 2 aromatic rings. The predicted molar refractivity (Wildman–Crippen MR) is 106 cm³/mol. The number of fused-ring (bicyclic) bond motifs is 5. The Kier molecular flexibility index (Phi) is 3.76. The van der Waals surface area contributed by atoms with E-state index in [-0.39, 0.29) is 11.4 Å². The summed E-state index contributed by atoms with van der Waals surface area (Å²) in [6, 6.07) is 11.3. The Balaban J connectivity index is 1.64. The number of hydrogen-bond acceptors (Lipinski definition) is 6. The van der Waals surface area contributed by atoms with Crippen molar-refractivity contribution in [3.63, 3.8) is 0 Å². The molecule has 0 spiro atoms. The van der Waals surface area contributed by atoms with Crippen LogP contribution in [0.1, 0.15) is 17.2 Å². The van der Waals surface area contributed by atoms with Crippen molar-refractivity contribution in [3.8, 4) is 0 Å². The van der Waals surface area contributed by atoms with Crippen molar-refractivity contribution in [2.45, 2.75) is 12.1 Å². The van der Waals surface area contributed by atoms with E-state index in [2.05, 4.69) is 0 Å². The van der Waals surface area contributed by atoms with E-state index in [4.69, 9.17) is 5.73 Å². The van der Waals surface area contributed by atoms with E-state index in [0.717, 1.165) is 16.0 Å². The zero-order chi connectivity index (χ0) is 21.2. The number of nitro benzene ring substituents is 1. The van der Waals surface area contributed by atoms with Gasteiger partial charge in [0.05, 0.1) is 28.5 Å². The van der Waals surface area contributed by atoms with Crippen molar-refractivity contribution in [1.82, 2.24) is 4.90 Å². The van der Waals surface area contributed by atoms with Crippen LogP contribution >= 0.6 is 0 Å². The Morgan fingerprint density at radius 3 is 2.50 bits per heavy atom. The highest BCUT2D eigenvalue weighted by Crippen LogP contribution is 2.53. The molecule has 3 aliphatic heterocycles. The SMILES string of the molecule is NC(=O)[C@H]1[C@@H]2C(=O)N(c3cccc([N+](=O)[O-])c3)C(=O)[C@@H]2[C@H]2c3ccccc3C=CN21. The molecule has 9 heteroatoms. The third-order valence-electron chi connectivity index (χ3n) is 6.05. The van der Waals surface area contributed by atoms with Gasteiger partial charge in [-0.3, -0.25) is 24.5 Å². The van der Waals surface area contributed by atoms with Gasteiger partial charge in [0.2, 0.25) is 17.7 Å². The third-order valence-corrected chi connectivity index (χ3v) is 6.05. The molecule has 9 nitrogen and oxygen atoms in total. The lowest BCUT2D eigenvalue weighted by molar-refractivity contribution is -0.384. The van der Waals surface area contributed by atoms with Crippen molar-refractivity contribution in [2.75, 3.05) is 4.90 Å². The molecule has 3 amide bonds. The number of hydrogen-bond donors (Lipinski definition) is 1. The first-order chi connectivity index (χ1) is 14.4. The van der Waals surface area contributed by atoms with Crippen LogP contribution in [0.4, 0.5) is 11.4 Å². The van der Waals surface area contributed by atoms with E-state index in [0.29, 0.717) is 0 Å². The normalized spacial score (nSPS) is 26.4. The monoisotopic (exact) mass is 404 g/mol. The van der Waals surface area contributed by atoms with E-state index in [1.807, 2.05) is 30.3 Å². The summed E-state index contributed by atoms with van der Waals surface area (Å²) in [5, 5.41) is 11.1. The highest BCUT2D eigenvalue weighted by molar-refractivity contribution is 6.24. The zero-order valence-electron chi connectivity index (χ0n) is 15.5. The topological polar surface area (TPSA) is 127 Å². The van der Waals surface area contributed by atoms with Crippen LogP contribution in [0.2, 0.25) is 0 Å². The average Bonchev–Trinajstić information content (AvgIpc) is 3.21. The average molecular weight is 404 g/mol. The van der Waals surface area contributed by atoms with Crippen molar-refractivity contribution >= 4 is 35.2 Å². The zero-order valence-corrected chi connectivity index (χ0v) is 15.5. The number of carbonyl (C=O) groups is 3. The highest BCUT2D eigenvalue weighted by Gasteiger charge is 2.64. The summed E-state index contributed by atoms with van der Waals surface area (Å²) < 4.78 is 0. The molecule has 30 heavy (non-hydrogen) atoms. The molecule has 150 valence electrons. The summed E-state index contributed by atoms with van der Waals surface area (Å²) in [7, 11) is 0. The second-order valence-corrected chi connectivity index (χ2v) is 7.52. The number of rotatable bonds is 3. The van der Waals surface area contributed by atoms with Crippen molar-refractivity contribution in [3.05, 3.63) is 76.0 Å². The fourth-order valence-electron chi connectivity index (χ4n) is 4.88. The van der Waals surface area contributed by atoms with Crippen LogP contribution < -0.4 is 10.6 Å². The van der Waals surface area contributed by atoms with Crippen molar-refractivity contribution in [2.24, 2.45) is 17.6 Å². The maximum Gasteiger partial charge on any atom is 0.271 e. The molecule has 0 bridgehead atoms. The van der Waals surface area contributed by atoms with E-state index in [9.17, 15) is 24.5 Å². The van der Waals surface area contributed by atoms with Gasteiger partial charge in [0.1, 0.15) is 6.04 Å². The number of nitrogens with two attached hydrogens (primary N) is 1. The number of imide groups is 1. The predicted octanol–water partition coefficient (Wildman–Crippen LogP) is 1.60. The Morgan fingerprint density at radius 1 is 1.03 bits per heavy atom. The lowest BCUT2D eigenvalue weighted by Gasteiger charge is -2.34. The van der Waals surface area contributed by atoms with E-state index >= 15 is 0 Å². The van der Waals surface area contributed by atoms with Gasteiger partial charge in [0.15, 0.2) is 0 Å². The standard InChI is InChI=1S/C21H16N4O5/c22-19(26)18-16-15(17-14-7-2-1-4-11(14)8-9-23(17)18)20(27)24(21(16)28)12-5-3-6-13(10-12)25(29)30/h1-10,15-18H,(H2,22,26)/t15-,16+,17+,18+/m0/s1. The van der Waals surface area contributed by atoms with Crippen molar-refractivity contribution < 1.29 is 19.3 Å². The Labute approximate surface area is 170 Å². The van der Waals surface area contributed by atoms with Gasteiger partial charge < -0.3 is 10.6 Å². The van der Waals surface area contributed by atoms with Gasteiger partial charge in [-0.25, -0.2) is 4.90 Å². The smallest absolute Gasteiger partial charge is 0.271 e. The van der Waals surface area contributed by atoms with Crippen LogP contribution in [-0.2, 0) is 14.4 Å². The summed E-state index contributed by atoms with van der Waals surface area (Å²) in [6.45, 7) is 0. The number of benzene rings is 2. The molecule has 3 aliphatic rings. The molecule has 0 saturated carbocycles. The fourth-order valence-corrected chi connectivity index (χ4v) is 4.88. The van der Waals surface area contributed by atoms with Gasteiger partial charge in [0, 0.05) is 18.3 Å². The number of primary amides is 1. The largest absolute Gasteiger partial charge is 0.368 e. The number of amides is 3. The first-order valence-corrected chi connectivity index (χ1v) is 9.36. The number of carbonyl (C=O) groups excluding carboxylic acids is 3. The van der Waals surface area contributed by atoms with E-state index in [1.54, 1.807) is 11.1 Å². The highest BCUT2D eigenvalue weighted by atomic mass is 16.6. The molecule has 0 radical (unpaired) electrons. The van der Waals surface area contributed by atoms with Gasteiger partial charge in [-0.2, -0.15) is 0 Å². The van der Waals surface area contributed by atoms with Gasteiger partial charge in [-0.15, -0.1) is 0 Å². The van der Waals surface area contributed by atoms with Gasteiger partial charge in [0.25, 0.3) is 5.69 Å². The molecule has 3 heterocycles. The maximum absolute atomic E-state index is 13.4. The van der Waals surface area contributed by atoms with Crippen LogP contribution in [0.5, 0.6) is 0 Å². The first kappa shape index (κ1) is 18.0. The Hall–Kier alpha value is -4.01. The van der Waals surface area contributed by atoms with Crippen molar-refractivity contribution in [1.29, 1.82) is 0 Å².